The number of nitrogens with zero attached hydrogens (tertiary/aromatic N) is 3. The van der Waals surface area contributed by atoms with Crippen molar-refractivity contribution in [2.45, 2.75) is 50.7 Å². The summed E-state index contributed by atoms with van der Waals surface area (Å²) in [5.41, 5.74) is 5.60. The fourth-order valence-corrected chi connectivity index (χ4v) is 6.94. The zero-order chi connectivity index (χ0) is 29.8. The fourth-order valence-electron chi connectivity index (χ4n) is 6.40. The minimum Gasteiger partial charge on any atom is -0.497 e. The van der Waals surface area contributed by atoms with Crippen molar-refractivity contribution in [3.05, 3.63) is 58.7 Å². The fraction of sp³-hybridized carbons (Fsp3) is 0.419. The van der Waals surface area contributed by atoms with Gasteiger partial charge in [-0.05, 0) is 66.3 Å². The minimum atomic E-state index is -3.98. The molecule has 42 heavy (non-hydrogen) atoms. The molecule has 1 saturated heterocycles. The van der Waals surface area contributed by atoms with Crippen LogP contribution in [-0.2, 0) is 21.5 Å². The van der Waals surface area contributed by atoms with Crippen LogP contribution in [-0.4, -0.2) is 79.5 Å². The minimum absolute atomic E-state index is 0.144. The Labute approximate surface area is 245 Å². The molecule has 1 aromatic heterocycles. The Morgan fingerprint density at radius 2 is 1.79 bits per heavy atom. The van der Waals surface area contributed by atoms with E-state index < -0.39 is 22.2 Å². The number of benzene rings is 2. The molecule has 2 amide bonds. The molecule has 0 spiro atoms. The van der Waals surface area contributed by atoms with Crippen molar-refractivity contribution < 1.29 is 27.9 Å². The molecule has 2 aromatic carbocycles. The molecule has 0 radical (unpaired) electrons. The first-order chi connectivity index (χ1) is 20.1. The second-order valence-corrected chi connectivity index (χ2v) is 13.5. The average molecular weight is 593 g/mol. The highest BCUT2D eigenvalue weighted by molar-refractivity contribution is 7.87. The summed E-state index contributed by atoms with van der Waals surface area (Å²) in [6.45, 7) is 0.846. The van der Waals surface area contributed by atoms with Crippen molar-refractivity contribution in [3.8, 4) is 17.0 Å². The van der Waals surface area contributed by atoms with Gasteiger partial charge in [0.2, 0.25) is 0 Å². The zero-order valence-corrected chi connectivity index (χ0v) is 24.9. The number of amides is 2. The van der Waals surface area contributed by atoms with E-state index in [9.17, 15) is 23.1 Å². The number of hydrogen-bond donors (Lipinski definition) is 2. The molecule has 0 bridgehead atoms. The lowest BCUT2D eigenvalue weighted by Crippen LogP contribution is -2.54. The Hall–Kier alpha value is -3.67. The third-order valence-electron chi connectivity index (χ3n) is 8.68. The van der Waals surface area contributed by atoms with Gasteiger partial charge in [0.1, 0.15) is 5.75 Å². The van der Waals surface area contributed by atoms with E-state index in [2.05, 4.69) is 9.29 Å². The molecule has 10 nitrogen and oxygen atoms in total. The predicted octanol–water partition coefficient (Wildman–Crippen LogP) is 3.50. The molecule has 1 saturated carbocycles. The molecule has 6 rings (SSSR count). The van der Waals surface area contributed by atoms with E-state index in [1.54, 1.807) is 24.1 Å². The highest BCUT2D eigenvalue weighted by Gasteiger charge is 2.34. The molecule has 2 aliphatic heterocycles. The Kier molecular flexibility index (Phi) is 7.36. The Bertz CT molecular complexity index is 1710. The number of aromatic nitrogens is 1. The Morgan fingerprint density at radius 3 is 2.45 bits per heavy atom. The number of nitrogens with one attached hydrogen (secondary N) is 1. The van der Waals surface area contributed by atoms with Crippen molar-refractivity contribution >= 4 is 39.0 Å². The summed E-state index contributed by atoms with van der Waals surface area (Å²) in [6, 6.07) is 11.2. The number of likely N-dealkylation sites (tertiary alicyclic amines) is 1. The third-order valence-corrected chi connectivity index (χ3v) is 10.1. The summed E-state index contributed by atoms with van der Waals surface area (Å²) >= 11 is 0. The molecule has 0 atom stereocenters. The number of aliphatic hydroxyl groups excluding tert-OH is 1. The largest absolute Gasteiger partial charge is 0.497 e. The van der Waals surface area contributed by atoms with Crippen LogP contribution in [0, 0.1) is 0 Å². The van der Waals surface area contributed by atoms with E-state index in [1.165, 1.54) is 26.1 Å². The first kappa shape index (κ1) is 28.4. The van der Waals surface area contributed by atoms with Gasteiger partial charge in [0.05, 0.1) is 25.5 Å². The van der Waals surface area contributed by atoms with Gasteiger partial charge in [-0.15, -0.1) is 0 Å². The van der Waals surface area contributed by atoms with Crippen LogP contribution in [0.15, 0.2) is 42.0 Å². The maximum Gasteiger partial charge on any atom is 0.303 e. The van der Waals surface area contributed by atoms with Crippen LogP contribution >= 0.6 is 0 Å². The van der Waals surface area contributed by atoms with E-state index in [0.29, 0.717) is 30.3 Å². The van der Waals surface area contributed by atoms with Gasteiger partial charge in [-0.3, -0.25) is 9.59 Å². The van der Waals surface area contributed by atoms with Crippen molar-refractivity contribution in [1.82, 2.24) is 18.5 Å². The summed E-state index contributed by atoms with van der Waals surface area (Å²) in [5.74, 6) is 0.125. The molecule has 2 N–H and O–H groups in total. The van der Waals surface area contributed by atoms with Gasteiger partial charge in [-0.25, -0.2) is 4.72 Å². The van der Waals surface area contributed by atoms with Gasteiger partial charge >= 0.3 is 10.2 Å². The number of aliphatic hydroxyl groups is 1. The van der Waals surface area contributed by atoms with Crippen LogP contribution in [0.5, 0.6) is 5.75 Å². The number of β-amino-alcohol motifs (C(OH)–C–C–N with tert-alkyl or cyclic N) is 1. The molecular formula is C31H36N4O6S. The summed E-state index contributed by atoms with van der Waals surface area (Å²) in [6.07, 6.45) is 6.95. The Morgan fingerprint density at radius 1 is 1.05 bits per heavy atom. The van der Waals surface area contributed by atoms with E-state index in [4.69, 9.17) is 4.74 Å². The first-order valence-electron chi connectivity index (χ1n) is 14.3. The molecule has 3 aromatic rings. The van der Waals surface area contributed by atoms with Crippen LogP contribution in [0.25, 0.3) is 28.2 Å². The lowest BCUT2D eigenvalue weighted by atomic mass is 9.81. The van der Waals surface area contributed by atoms with Crippen LogP contribution in [0.4, 0.5) is 0 Å². The second-order valence-electron chi connectivity index (χ2n) is 11.6. The highest BCUT2D eigenvalue weighted by Crippen LogP contribution is 2.47. The van der Waals surface area contributed by atoms with Crippen LogP contribution in [0.2, 0.25) is 0 Å². The van der Waals surface area contributed by atoms with Crippen molar-refractivity contribution in [2.24, 2.45) is 0 Å². The molecule has 0 unspecified atom stereocenters. The average Bonchev–Trinajstić information content (AvgIpc) is 3.17. The lowest BCUT2D eigenvalue weighted by molar-refractivity contribution is -0.137. The molecule has 11 heteroatoms. The SMILES string of the molecule is COc1ccc2c(c1)C=C(C(=O)N1CC(O)C1)Cn1c-2c(C2CCCCC2)c2ccc(C(=O)NS(=O)(=O)N(C)C)cc21. The maximum absolute atomic E-state index is 13.7. The van der Waals surface area contributed by atoms with Gasteiger partial charge in [0.15, 0.2) is 0 Å². The quantitative estimate of drug-likeness (QED) is 0.452. The number of carbonyl (C=O) groups excluding carboxylic acids is 2. The van der Waals surface area contributed by atoms with Gasteiger partial charge < -0.3 is 19.3 Å². The van der Waals surface area contributed by atoms with E-state index >= 15 is 0 Å². The lowest BCUT2D eigenvalue weighted by Gasteiger charge is -2.36. The topological polar surface area (TPSA) is 121 Å². The smallest absolute Gasteiger partial charge is 0.303 e. The summed E-state index contributed by atoms with van der Waals surface area (Å²) in [4.78, 5) is 28.4. The molecule has 1 aliphatic carbocycles. The number of methoxy groups -OCH3 is 1. The zero-order valence-electron chi connectivity index (χ0n) is 24.1. The molecule has 3 heterocycles. The van der Waals surface area contributed by atoms with Crippen LogP contribution in [0.3, 0.4) is 0 Å². The molecule has 2 fully saturated rings. The van der Waals surface area contributed by atoms with Crippen LogP contribution in [0.1, 0.15) is 59.5 Å². The normalized spacial score (nSPS) is 17.7. The number of rotatable bonds is 6. The number of hydrogen-bond acceptors (Lipinski definition) is 6. The van der Waals surface area contributed by atoms with E-state index in [0.717, 1.165) is 57.7 Å². The number of ether oxygens (including phenoxy) is 1. The van der Waals surface area contributed by atoms with Crippen LogP contribution < -0.4 is 9.46 Å². The molecule has 3 aliphatic rings. The highest BCUT2D eigenvalue weighted by atomic mass is 32.2. The van der Waals surface area contributed by atoms with Gasteiger partial charge in [-0.1, -0.05) is 25.3 Å². The summed E-state index contributed by atoms with van der Waals surface area (Å²) < 4.78 is 35.5. The van der Waals surface area contributed by atoms with Gasteiger partial charge in [0, 0.05) is 54.8 Å². The van der Waals surface area contributed by atoms with Crippen molar-refractivity contribution in [1.29, 1.82) is 0 Å². The predicted molar refractivity (Wildman–Crippen MR) is 160 cm³/mol. The summed E-state index contributed by atoms with van der Waals surface area (Å²) in [7, 11) is 0.354. The molecule has 222 valence electrons. The first-order valence-corrected chi connectivity index (χ1v) is 15.8. The summed E-state index contributed by atoms with van der Waals surface area (Å²) in [5, 5.41) is 10.9. The van der Waals surface area contributed by atoms with Gasteiger partial charge in [0.25, 0.3) is 11.8 Å². The standard InChI is InChI=1S/C31H36N4O6S/c1-33(2)42(39,40)32-30(37)20-9-11-26-27(15-20)35-16-22(31(38)34-17-23(36)18-34)13-21-14-24(41-3)10-12-25(21)29(35)28(26)19-7-5-4-6-8-19/h9-15,19,23,36H,4-8,16-18H2,1-3H3,(H,32,37). The maximum atomic E-state index is 13.7. The number of carbonyl (C=O) groups is 2. The van der Waals surface area contributed by atoms with Crippen molar-refractivity contribution in [3.63, 3.8) is 0 Å². The van der Waals surface area contributed by atoms with E-state index in [-0.39, 0.29) is 18.0 Å². The van der Waals surface area contributed by atoms with E-state index in [1.807, 2.05) is 30.3 Å². The third kappa shape index (κ3) is 4.99. The number of fused-ring (bicyclic) bond motifs is 5. The second kappa shape index (κ2) is 10.9. The van der Waals surface area contributed by atoms with Gasteiger partial charge in [-0.2, -0.15) is 12.7 Å². The Balaban J connectivity index is 1.56. The van der Waals surface area contributed by atoms with Crippen molar-refractivity contribution in [2.75, 3.05) is 34.3 Å². The monoisotopic (exact) mass is 592 g/mol. The molecular weight excluding hydrogens is 556 g/mol.